The molecule has 0 spiro atoms. The van der Waals surface area contributed by atoms with Crippen LogP contribution in [0.2, 0.25) is 0 Å². The van der Waals surface area contributed by atoms with Gasteiger partial charge in [-0.2, -0.15) is 5.26 Å². The molecule has 0 unspecified atom stereocenters. The molecular weight excluding hydrogens is 257 g/mol. The summed E-state index contributed by atoms with van der Waals surface area (Å²) >= 11 is 0. The van der Waals surface area contributed by atoms with E-state index in [1.54, 1.807) is 0 Å². The molecule has 1 saturated carbocycles. The first-order valence-corrected chi connectivity index (χ1v) is 7.28. The van der Waals surface area contributed by atoms with E-state index in [9.17, 15) is 17.9 Å². The quantitative estimate of drug-likeness (QED) is 0.882. The second-order valence-electron chi connectivity index (χ2n) is 4.59. The Balaban J connectivity index is 2.46. The summed E-state index contributed by atoms with van der Waals surface area (Å²) in [6.45, 7) is -0.525. The van der Waals surface area contributed by atoms with Crippen LogP contribution in [-0.4, -0.2) is 31.6 Å². The van der Waals surface area contributed by atoms with Gasteiger partial charge in [0.25, 0.3) is 0 Å². The lowest BCUT2D eigenvalue weighted by Crippen LogP contribution is -2.16. The Labute approximate surface area is 105 Å². The van der Waals surface area contributed by atoms with Crippen molar-refractivity contribution < 1.29 is 17.9 Å². The maximum Gasteiger partial charge on any atom is 0.152 e. The highest BCUT2D eigenvalue weighted by Gasteiger charge is 2.70. The van der Waals surface area contributed by atoms with Crippen molar-refractivity contribution >= 4 is 9.84 Å². The zero-order valence-electron chi connectivity index (χ0n) is 9.67. The highest BCUT2D eigenvalue weighted by Crippen LogP contribution is 2.62. The van der Waals surface area contributed by atoms with Crippen LogP contribution in [0, 0.1) is 22.6 Å². The largest absolute Gasteiger partial charge is 0.395 e. The molecule has 1 aliphatic carbocycles. The molecule has 3 atom stereocenters. The minimum Gasteiger partial charge on any atom is -0.395 e. The first-order valence-electron chi connectivity index (χ1n) is 5.33. The molecule has 0 bridgehead atoms. The van der Waals surface area contributed by atoms with E-state index in [0.29, 0.717) is 5.56 Å². The molecule has 4 nitrogen and oxygen atoms in total. The highest BCUT2D eigenvalue weighted by atomic mass is 32.2. The second kappa shape index (κ2) is 4.04. The molecule has 1 aromatic carbocycles. The Kier molecular flexibility index (Phi) is 2.92. The van der Waals surface area contributed by atoms with Crippen molar-refractivity contribution in [3.05, 3.63) is 35.6 Å². The number of sulfone groups is 1. The van der Waals surface area contributed by atoms with E-state index in [4.69, 9.17) is 5.26 Å². The predicted octanol–water partition coefficient (Wildman–Crippen LogP) is 0.838. The second-order valence-corrected chi connectivity index (χ2v) is 6.76. The number of hydrogen-bond acceptors (Lipinski definition) is 4. The molecule has 1 aromatic rings. The molecule has 6 heteroatoms. The summed E-state index contributed by atoms with van der Waals surface area (Å²) < 4.78 is 36.1. The number of aliphatic hydroxyl groups excluding tert-OH is 1. The number of halogens is 1. The molecular formula is C12H12FNO3S. The van der Waals surface area contributed by atoms with E-state index in [-0.39, 0.29) is 0 Å². The van der Waals surface area contributed by atoms with Crippen molar-refractivity contribution in [2.75, 3.05) is 12.9 Å². The van der Waals surface area contributed by atoms with Gasteiger partial charge in [-0.25, -0.2) is 12.8 Å². The molecule has 1 fully saturated rings. The third-order valence-electron chi connectivity index (χ3n) is 3.42. The zero-order valence-corrected chi connectivity index (χ0v) is 10.5. The molecule has 0 aliphatic heterocycles. The number of rotatable bonds is 3. The lowest BCUT2D eigenvalue weighted by atomic mass is 10.0. The Morgan fingerprint density at radius 1 is 1.44 bits per heavy atom. The fraction of sp³-hybridized carbons (Fsp3) is 0.417. The molecule has 18 heavy (non-hydrogen) atoms. The zero-order chi connectivity index (χ0) is 13.6. The van der Waals surface area contributed by atoms with Crippen LogP contribution in [0.1, 0.15) is 11.5 Å². The first kappa shape index (κ1) is 13.0. The Morgan fingerprint density at radius 3 is 2.33 bits per heavy atom. The van der Waals surface area contributed by atoms with E-state index in [1.807, 2.05) is 6.07 Å². The van der Waals surface area contributed by atoms with Gasteiger partial charge in [0.05, 0.1) is 17.9 Å². The van der Waals surface area contributed by atoms with Gasteiger partial charge in [0, 0.05) is 12.2 Å². The molecule has 0 heterocycles. The lowest BCUT2D eigenvalue weighted by molar-refractivity contribution is 0.242. The van der Waals surface area contributed by atoms with Crippen LogP contribution in [0.5, 0.6) is 0 Å². The van der Waals surface area contributed by atoms with Gasteiger partial charge in [-0.3, -0.25) is 0 Å². The van der Waals surface area contributed by atoms with Crippen LogP contribution in [0.25, 0.3) is 0 Å². The minimum absolute atomic E-state index is 0.429. The lowest BCUT2D eigenvalue weighted by Gasteiger charge is -2.03. The molecule has 96 valence electrons. The molecule has 2 rings (SSSR count). The third-order valence-corrected chi connectivity index (χ3v) is 5.03. The van der Waals surface area contributed by atoms with Gasteiger partial charge < -0.3 is 5.11 Å². The maximum absolute atomic E-state index is 12.8. The van der Waals surface area contributed by atoms with Crippen LogP contribution in [0.4, 0.5) is 4.39 Å². The van der Waals surface area contributed by atoms with Gasteiger partial charge in [-0.15, -0.1) is 0 Å². The SMILES string of the molecule is CS(=O)(=O)[C@@H]1[C@H](c2ccc(F)cc2)[C@]1(C#N)CO. The number of nitrogens with zero attached hydrogens (tertiary/aromatic N) is 1. The number of aliphatic hydroxyl groups is 1. The van der Waals surface area contributed by atoms with Crippen molar-refractivity contribution in [3.8, 4) is 6.07 Å². The van der Waals surface area contributed by atoms with Crippen molar-refractivity contribution in [2.24, 2.45) is 5.41 Å². The molecule has 1 N–H and O–H groups in total. The maximum atomic E-state index is 12.8. The summed E-state index contributed by atoms with van der Waals surface area (Å²) in [7, 11) is -3.45. The number of nitriles is 1. The summed E-state index contributed by atoms with van der Waals surface area (Å²) in [5.74, 6) is -1.02. The summed E-state index contributed by atoms with van der Waals surface area (Å²) in [6, 6.07) is 7.23. The Morgan fingerprint density at radius 2 is 2.00 bits per heavy atom. The van der Waals surface area contributed by atoms with E-state index < -0.39 is 38.8 Å². The van der Waals surface area contributed by atoms with Gasteiger partial charge >= 0.3 is 0 Å². The van der Waals surface area contributed by atoms with Crippen LogP contribution < -0.4 is 0 Å². The van der Waals surface area contributed by atoms with Gasteiger partial charge in [0.15, 0.2) is 9.84 Å². The number of benzene rings is 1. The summed E-state index contributed by atoms with van der Waals surface area (Å²) in [6.07, 6.45) is 1.04. The van der Waals surface area contributed by atoms with Gasteiger partial charge in [-0.05, 0) is 17.7 Å². The standard InChI is InChI=1S/C12H12FNO3S/c1-18(16,17)11-10(12(11,6-14)7-15)8-2-4-9(13)5-3-8/h2-5,10-11,15H,7H2,1H3/t10-,11+,12-/m0/s1. The fourth-order valence-corrected chi connectivity index (χ4v) is 4.39. The normalized spacial score (nSPS) is 30.8. The first-order chi connectivity index (χ1) is 8.36. The van der Waals surface area contributed by atoms with Crippen molar-refractivity contribution in [1.82, 2.24) is 0 Å². The molecule has 1 aliphatic rings. The van der Waals surface area contributed by atoms with E-state index in [1.165, 1.54) is 24.3 Å². The van der Waals surface area contributed by atoms with Crippen LogP contribution in [0.3, 0.4) is 0 Å². The monoisotopic (exact) mass is 269 g/mol. The van der Waals surface area contributed by atoms with Crippen LogP contribution in [-0.2, 0) is 9.84 Å². The minimum atomic E-state index is -3.45. The third kappa shape index (κ3) is 1.80. The van der Waals surface area contributed by atoms with Gasteiger partial charge in [-0.1, -0.05) is 12.1 Å². The summed E-state index contributed by atoms with van der Waals surface area (Å²) in [5, 5.41) is 17.5. The van der Waals surface area contributed by atoms with Crippen molar-refractivity contribution in [1.29, 1.82) is 5.26 Å². The van der Waals surface area contributed by atoms with Gasteiger partial charge in [0.2, 0.25) is 0 Å². The molecule has 0 aromatic heterocycles. The topological polar surface area (TPSA) is 78.2 Å². The predicted molar refractivity (Wildman–Crippen MR) is 62.9 cm³/mol. The van der Waals surface area contributed by atoms with E-state index in [0.717, 1.165) is 6.26 Å². The average molecular weight is 269 g/mol. The Bertz CT molecular complexity index is 605. The smallest absolute Gasteiger partial charge is 0.152 e. The fourth-order valence-electron chi connectivity index (χ4n) is 2.53. The van der Waals surface area contributed by atoms with Gasteiger partial charge in [0.1, 0.15) is 11.2 Å². The van der Waals surface area contributed by atoms with Crippen LogP contribution >= 0.6 is 0 Å². The summed E-state index contributed by atoms with van der Waals surface area (Å²) in [4.78, 5) is 0. The van der Waals surface area contributed by atoms with E-state index in [2.05, 4.69) is 0 Å². The highest BCUT2D eigenvalue weighted by molar-refractivity contribution is 7.91. The van der Waals surface area contributed by atoms with Crippen molar-refractivity contribution in [2.45, 2.75) is 11.2 Å². The van der Waals surface area contributed by atoms with E-state index >= 15 is 0 Å². The molecule has 0 saturated heterocycles. The van der Waals surface area contributed by atoms with Crippen LogP contribution in [0.15, 0.2) is 24.3 Å². The van der Waals surface area contributed by atoms with Crippen molar-refractivity contribution in [3.63, 3.8) is 0 Å². The molecule has 0 radical (unpaired) electrons. The number of hydrogen-bond donors (Lipinski definition) is 1. The average Bonchev–Trinajstić information content (AvgIpc) is 3.00. The Hall–Kier alpha value is -1.45. The summed E-state index contributed by atoms with van der Waals surface area (Å²) in [5.41, 5.74) is -0.742. The molecule has 0 amide bonds.